The standard InChI is InChI=1S/C14H18N2O/c1-15-13-6-14(15)9-16(8-13)7-11-2-4-12(10-17)5-3-11/h2-5,10,13-14H,6-9H2,1H3. The lowest BCUT2D eigenvalue weighted by Crippen LogP contribution is -2.66. The summed E-state index contributed by atoms with van der Waals surface area (Å²) >= 11 is 0. The second-order valence-electron chi connectivity index (χ2n) is 5.26. The van der Waals surface area contributed by atoms with E-state index in [1.807, 2.05) is 12.1 Å². The molecule has 3 nitrogen and oxygen atoms in total. The molecule has 17 heavy (non-hydrogen) atoms. The number of hydrogen-bond donors (Lipinski definition) is 0. The van der Waals surface area contributed by atoms with Gasteiger partial charge in [0, 0.05) is 37.3 Å². The molecular formula is C14H18N2O. The van der Waals surface area contributed by atoms with Crippen molar-refractivity contribution in [1.82, 2.24) is 9.80 Å². The molecule has 0 spiro atoms. The first-order valence-corrected chi connectivity index (χ1v) is 6.24. The van der Waals surface area contributed by atoms with Crippen molar-refractivity contribution < 1.29 is 4.79 Å². The summed E-state index contributed by atoms with van der Waals surface area (Å²) in [5.74, 6) is 0. The van der Waals surface area contributed by atoms with Gasteiger partial charge in [0.1, 0.15) is 6.29 Å². The number of likely N-dealkylation sites (N-methyl/N-ethyl adjacent to an activating group) is 1. The van der Waals surface area contributed by atoms with Gasteiger partial charge in [0.15, 0.2) is 0 Å². The molecule has 0 aliphatic carbocycles. The number of hydrogen-bond acceptors (Lipinski definition) is 3. The largest absolute Gasteiger partial charge is 0.298 e. The highest BCUT2D eigenvalue weighted by Crippen LogP contribution is 2.30. The monoisotopic (exact) mass is 230 g/mol. The van der Waals surface area contributed by atoms with Gasteiger partial charge in [0.2, 0.25) is 0 Å². The minimum Gasteiger partial charge on any atom is -0.298 e. The molecule has 3 heteroatoms. The number of nitrogens with zero attached hydrogens (tertiary/aromatic N) is 2. The van der Waals surface area contributed by atoms with Crippen molar-refractivity contribution in [2.45, 2.75) is 25.0 Å². The molecule has 1 aromatic rings. The minimum atomic E-state index is 0.759. The van der Waals surface area contributed by atoms with Crippen molar-refractivity contribution in [2.75, 3.05) is 20.1 Å². The van der Waals surface area contributed by atoms with E-state index in [2.05, 4.69) is 29.0 Å². The zero-order chi connectivity index (χ0) is 11.8. The summed E-state index contributed by atoms with van der Waals surface area (Å²) in [6.45, 7) is 3.38. The van der Waals surface area contributed by atoms with Crippen LogP contribution in [0.25, 0.3) is 0 Å². The van der Waals surface area contributed by atoms with Crippen LogP contribution < -0.4 is 0 Å². The van der Waals surface area contributed by atoms with E-state index < -0.39 is 0 Å². The van der Waals surface area contributed by atoms with Gasteiger partial charge in [-0.2, -0.15) is 0 Å². The van der Waals surface area contributed by atoms with Crippen LogP contribution >= 0.6 is 0 Å². The fraction of sp³-hybridized carbons (Fsp3) is 0.500. The minimum absolute atomic E-state index is 0.759. The Morgan fingerprint density at radius 2 is 1.88 bits per heavy atom. The van der Waals surface area contributed by atoms with Crippen molar-refractivity contribution in [3.63, 3.8) is 0 Å². The fourth-order valence-electron chi connectivity index (χ4n) is 2.97. The summed E-state index contributed by atoms with van der Waals surface area (Å²) in [4.78, 5) is 15.6. The van der Waals surface area contributed by atoms with Crippen LogP contribution in [0.4, 0.5) is 0 Å². The molecule has 0 N–H and O–H groups in total. The van der Waals surface area contributed by atoms with Gasteiger partial charge in [-0.05, 0) is 19.0 Å². The molecule has 3 fully saturated rings. The Morgan fingerprint density at radius 1 is 1.24 bits per heavy atom. The van der Waals surface area contributed by atoms with E-state index in [9.17, 15) is 4.79 Å². The molecule has 0 radical (unpaired) electrons. The van der Waals surface area contributed by atoms with Crippen molar-refractivity contribution in [3.05, 3.63) is 35.4 Å². The molecule has 0 amide bonds. The van der Waals surface area contributed by atoms with Crippen molar-refractivity contribution in [3.8, 4) is 0 Å². The summed E-state index contributed by atoms with van der Waals surface area (Å²) in [6.07, 6.45) is 2.27. The number of rotatable bonds is 3. The zero-order valence-corrected chi connectivity index (χ0v) is 10.2. The van der Waals surface area contributed by atoms with Gasteiger partial charge in [-0.25, -0.2) is 0 Å². The summed E-state index contributed by atoms with van der Waals surface area (Å²) in [7, 11) is 2.23. The van der Waals surface area contributed by atoms with Crippen LogP contribution in [0, 0.1) is 0 Å². The molecule has 4 rings (SSSR count). The lowest BCUT2D eigenvalue weighted by Gasteiger charge is -2.55. The van der Waals surface area contributed by atoms with E-state index >= 15 is 0 Å². The molecule has 2 atom stereocenters. The quantitative estimate of drug-likeness (QED) is 0.733. The maximum absolute atomic E-state index is 10.6. The third kappa shape index (κ3) is 2.01. The van der Waals surface area contributed by atoms with Gasteiger partial charge in [-0.1, -0.05) is 24.3 Å². The number of piperidine rings is 1. The molecule has 1 aromatic carbocycles. The SMILES string of the molecule is CN1C2CC1CN(Cc1ccc(C=O)cc1)C2. The van der Waals surface area contributed by atoms with E-state index in [0.717, 1.165) is 30.5 Å². The highest BCUT2D eigenvalue weighted by atomic mass is 16.1. The fourth-order valence-corrected chi connectivity index (χ4v) is 2.97. The number of carbonyl (C=O) groups is 1. The van der Waals surface area contributed by atoms with Crippen LogP contribution in [0.2, 0.25) is 0 Å². The van der Waals surface area contributed by atoms with Crippen molar-refractivity contribution in [2.24, 2.45) is 0 Å². The van der Waals surface area contributed by atoms with Crippen LogP contribution in [-0.2, 0) is 6.54 Å². The van der Waals surface area contributed by atoms with E-state index in [0.29, 0.717) is 0 Å². The van der Waals surface area contributed by atoms with Gasteiger partial charge in [0.05, 0.1) is 0 Å². The van der Waals surface area contributed by atoms with Crippen molar-refractivity contribution in [1.29, 1.82) is 0 Å². The third-order valence-corrected chi connectivity index (χ3v) is 4.16. The first kappa shape index (κ1) is 10.9. The number of aldehydes is 1. The normalized spacial score (nSPS) is 28.8. The predicted octanol–water partition coefficient (Wildman–Crippen LogP) is 1.39. The van der Waals surface area contributed by atoms with Crippen LogP contribution in [0.15, 0.2) is 24.3 Å². The topological polar surface area (TPSA) is 23.6 Å². The lowest BCUT2D eigenvalue weighted by atomic mass is 9.88. The maximum atomic E-state index is 10.6. The molecule has 3 saturated heterocycles. The smallest absolute Gasteiger partial charge is 0.150 e. The summed E-state index contributed by atoms with van der Waals surface area (Å²) < 4.78 is 0. The molecule has 3 aliphatic heterocycles. The Balaban J connectivity index is 1.61. The van der Waals surface area contributed by atoms with Gasteiger partial charge in [-0.15, -0.1) is 0 Å². The lowest BCUT2D eigenvalue weighted by molar-refractivity contribution is -0.0532. The number of carbonyl (C=O) groups excluding carboxylic acids is 1. The number of benzene rings is 1. The summed E-state index contributed by atoms with van der Waals surface area (Å²) in [6, 6.07) is 9.46. The van der Waals surface area contributed by atoms with E-state index in [1.54, 1.807) is 0 Å². The zero-order valence-electron chi connectivity index (χ0n) is 10.2. The van der Waals surface area contributed by atoms with Crippen LogP contribution in [0.5, 0.6) is 0 Å². The predicted molar refractivity (Wildman–Crippen MR) is 67.1 cm³/mol. The van der Waals surface area contributed by atoms with Crippen LogP contribution in [-0.4, -0.2) is 48.3 Å². The molecule has 0 saturated carbocycles. The molecule has 0 aromatic heterocycles. The van der Waals surface area contributed by atoms with Gasteiger partial charge in [0.25, 0.3) is 0 Å². The van der Waals surface area contributed by atoms with Gasteiger partial charge in [-0.3, -0.25) is 14.6 Å². The summed E-state index contributed by atoms with van der Waals surface area (Å²) in [5.41, 5.74) is 2.06. The average Bonchev–Trinajstić information content (AvgIpc) is 2.39. The Labute approximate surface area is 102 Å². The van der Waals surface area contributed by atoms with E-state index in [4.69, 9.17) is 0 Å². The molecule has 2 unspecified atom stereocenters. The van der Waals surface area contributed by atoms with Crippen molar-refractivity contribution >= 4 is 6.29 Å². The third-order valence-electron chi connectivity index (χ3n) is 4.16. The molecule has 3 aliphatic rings. The van der Waals surface area contributed by atoms with Crippen LogP contribution in [0.3, 0.4) is 0 Å². The van der Waals surface area contributed by atoms with Gasteiger partial charge < -0.3 is 0 Å². The van der Waals surface area contributed by atoms with Crippen LogP contribution in [0.1, 0.15) is 22.3 Å². The highest BCUT2D eigenvalue weighted by Gasteiger charge is 2.41. The second-order valence-corrected chi connectivity index (χ2v) is 5.26. The maximum Gasteiger partial charge on any atom is 0.150 e. The summed E-state index contributed by atoms with van der Waals surface area (Å²) in [5, 5.41) is 0. The first-order chi connectivity index (χ1) is 8.26. The first-order valence-electron chi connectivity index (χ1n) is 6.24. The Hall–Kier alpha value is -1.19. The average molecular weight is 230 g/mol. The number of piperazine rings is 1. The molecule has 2 bridgehead atoms. The molecular weight excluding hydrogens is 212 g/mol. The Morgan fingerprint density at radius 3 is 2.41 bits per heavy atom. The highest BCUT2D eigenvalue weighted by molar-refractivity contribution is 5.74. The Kier molecular flexibility index (Phi) is 2.73. The number of fused-ring (bicyclic) bond motifs is 2. The molecule has 3 heterocycles. The molecule has 90 valence electrons. The van der Waals surface area contributed by atoms with Gasteiger partial charge >= 0.3 is 0 Å². The second kappa shape index (κ2) is 4.24. The Bertz CT molecular complexity index is 403. The van der Waals surface area contributed by atoms with E-state index in [1.165, 1.54) is 25.1 Å². The van der Waals surface area contributed by atoms with E-state index in [-0.39, 0.29) is 0 Å².